The summed E-state index contributed by atoms with van der Waals surface area (Å²) < 4.78 is 27.2. The minimum atomic E-state index is -3.67. The number of sulfonamides is 1. The molecule has 162 valence electrons. The van der Waals surface area contributed by atoms with Gasteiger partial charge in [-0.3, -0.25) is 9.59 Å². The van der Waals surface area contributed by atoms with Crippen molar-refractivity contribution >= 4 is 33.2 Å². The van der Waals surface area contributed by atoms with Crippen LogP contribution in [0.3, 0.4) is 0 Å². The third-order valence-corrected chi connectivity index (χ3v) is 7.78. The zero-order valence-electron chi connectivity index (χ0n) is 16.5. The van der Waals surface area contributed by atoms with Crippen LogP contribution in [0.4, 0.5) is 0 Å². The predicted octanol–water partition coefficient (Wildman–Crippen LogP) is 2.18. The Morgan fingerprint density at radius 3 is 2.43 bits per heavy atom. The SMILES string of the molecule is O=C(NCCCNC(=O)c1sccc1S(=O)(=O)N1CCCCC1)c1cccc(O)c1. The van der Waals surface area contributed by atoms with Crippen molar-refractivity contribution in [1.29, 1.82) is 0 Å². The predicted molar refractivity (Wildman–Crippen MR) is 114 cm³/mol. The van der Waals surface area contributed by atoms with Crippen molar-refractivity contribution in [3.05, 3.63) is 46.2 Å². The van der Waals surface area contributed by atoms with E-state index in [4.69, 9.17) is 0 Å². The third kappa shape index (κ3) is 5.38. The molecular formula is C20H25N3O5S2. The van der Waals surface area contributed by atoms with Crippen LogP contribution in [0, 0.1) is 0 Å². The van der Waals surface area contributed by atoms with Gasteiger partial charge in [-0.1, -0.05) is 12.5 Å². The molecule has 1 aromatic carbocycles. The molecule has 0 bridgehead atoms. The first-order valence-electron chi connectivity index (χ1n) is 9.82. The maximum absolute atomic E-state index is 12.9. The van der Waals surface area contributed by atoms with Crippen molar-refractivity contribution in [2.75, 3.05) is 26.2 Å². The van der Waals surface area contributed by atoms with Crippen molar-refractivity contribution in [2.45, 2.75) is 30.6 Å². The minimum Gasteiger partial charge on any atom is -0.508 e. The molecule has 0 unspecified atom stereocenters. The lowest BCUT2D eigenvalue weighted by Crippen LogP contribution is -2.36. The number of hydrogen-bond acceptors (Lipinski definition) is 6. The van der Waals surface area contributed by atoms with Crippen LogP contribution in [0.25, 0.3) is 0 Å². The molecule has 1 aliphatic rings. The zero-order valence-corrected chi connectivity index (χ0v) is 18.1. The number of piperidine rings is 1. The summed E-state index contributed by atoms with van der Waals surface area (Å²) in [6.45, 7) is 1.59. The van der Waals surface area contributed by atoms with Gasteiger partial charge in [-0.05, 0) is 48.9 Å². The van der Waals surface area contributed by atoms with Crippen LogP contribution in [0.15, 0.2) is 40.6 Å². The molecule has 10 heteroatoms. The molecule has 2 amide bonds. The summed E-state index contributed by atoms with van der Waals surface area (Å²) >= 11 is 1.10. The Bertz CT molecular complexity index is 997. The van der Waals surface area contributed by atoms with Crippen LogP contribution in [-0.2, 0) is 10.0 Å². The van der Waals surface area contributed by atoms with Gasteiger partial charge < -0.3 is 15.7 Å². The summed E-state index contributed by atoms with van der Waals surface area (Å²) in [5.41, 5.74) is 0.352. The van der Waals surface area contributed by atoms with E-state index < -0.39 is 15.9 Å². The van der Waals surface area contributed by atoms with Crippen LogP contribution >= 0.6 is 11.3 Å². The number of carbonyl (C=O) groups excluding carboxylic acids is 2. The molecule has 3 rings (SSSR count). The maximum Gasteiger partial charge on any atom is 0.262 e. The summed E-state index contributed by atoms with van der Waals surface area (Å²) in [6.07, 6.45) is 3.17. The number of phenolic OH excluding ortho intramolecular Hbond substituents is 1. The molecule has 0 spiro atoms. The molecule has 0 aliphatic carbocycles. The second-order valence-corrected chi connectivity index (χ2v) is 9.82. The molecule has 30 heavy (non-hydrogen) atoms. The average Bonchev–Trinajstić information content (AvgIpc) is 3.25. The first-order chi connectivity index (χ1) is 14.4. The summed E-state index contributed by atoms with van der Waals surface area (Å²) in [6, 6.07) is 7.52. The summed E-state index contributed by atoms with van der Waals surface area (Å²) in [5.74, 6) is -0.730. The smallest absolute Gasteiger partial charge is 0.262 e. The maximum atomic E-state index is 12.9. The molecule has 1 aliphatic heterocycles. The van der Waals surface area contributed by atoms with Gasteiger partial charge in [0.1, 0.15) is 15.5 Å². The molecule has 1 saturated heterocycles. The van der Waals surface area contributed by atoms with E-state index in [1.807, 2.05) is 0 Å². The highest BCUT2D eigenvalue weighted by atomic mass is 32.2. The molecule has 2 aromatic rings. The van der Waals surface area contributed by atoms with E-state index in [1.54, 1.807) is 17.5 Å². The van der Waals surface area contributed by atoms with Crippen LogP contribution < -0.4 is 10.6 Å². The highest BCUT2D eigenvalue weighted by molar-refractivity contribution is 7.89. The molecule has 2 heterocycles. The monoisotopic (exact) mass is 451 g/mol. The van der Waals surface area contributed by atoms with Gasteiger partial charge in [0, 0.05) is 31.7 Å². The first kappa shape index (κ1) is 22.3. The van der Waals surface area contributed by atoms with Crippen molar-refractivity contribution < 1.29 is 23.1 Å². The number of nitrogens with one attached hydrogen (secondary N) is 2. The lowest BCUT2D eigenvalue weighted by molar-refractivity contribution is 0.0951. The van der Waals surface area contributed by atoms with Crippen LogP contribution in [-0.4, -0.2) is 55.8 Å². The van der Waals surface area contributed by atoms with Gasteiger partial charge in [-0.2, -0.15) is 4.31 Å². The van der Waals surface area contributed by atoms with Crippen molar-refractivity contribution in [3.8, 4) is 5.75 Å². The fraction of sp³-hybridized carbons (Fsp3) is 0.400. The molecule has 1 fully saturated rings. The summed E-state index contributed by atoms with van der Waals surface area (Å²) in [4.78, 5) is 24.8. The molecule has 3 N–H and O–H groups in total. The Labute approximate surface area is 180 Å². The van der Waals surface area contributed by atoms with Crippen molar-refractivity contribution in [3.63, 3.8) is 0 Å². The highest BCUT2D eigenvalue weighted by Crippen LogP contribution is 2.27. The molecule has 1 aromatic heterocycles. The fourth-order valence-corrected chi connectivity index (χ4v) is 6.07. The first-order valence-corrected chi connectivity index (χ1v) is 12.1. The van der Waals surface area contributed by atoms with Gasteiger partial charge in [0.25, 0.3) is 11.8 Å². The van der Waals surface area contributed by atoms with Gasteiger partial charge in [0.15, 0.2) is 0 Å². The van der Waals surface area contributed by atoms with Gasteiger partial charge >= 0.3 is 0 Å². The van der Waals surface area contributed by atoms with Crippen molar-refractivity contribution in [2.24, 2.45) is 0 Å². The van der Waals surface area contributed by atoms with E-state index in [-0.39, 0.29) is 21.4 Å². The molecule has 0 radical (unpaired) electrons. The number of hydrogen-bond donors (Lipinski definition) is 3. The zero-order chi connectivity index (χ0) is 21.6. The normalized spacial score (nSPS) is 14.9. The van der Waals surface area contributed by atoms with E-state index in [1.165, 1.54) is 22.5 Å². The Hall–Kier alpha value is -2.43. The Morgan fingerprint density at radius 2 is 1.73 bits per heavy atom. The second-order valence-electron chi connectivity index (χ2n) is 6.99. The Kier molecular flexibility index (Phi) is 7.46. The van der Waals surface area contributed by atoms with Crippen LogP contribution in [0.1, 0.15) is 45.7 Å². The lowest BCUT2D eigenvalue weighted by atomic mass is 10.2. The van der Waals surface area contributed by atoms with Gasteiger partial charge in [0.05, 0.1) is 0 Å². The standard InChI is InChI=1S/C20H25N3O5S2/c24-16-7-4-6-15(14-16)19(25)21-9-5-10-22-20(26)18-17(8-13-29-18)30(27,28)23-11-2-1-3-12-23/h4,6-8,13-14,24H,1-3,5,9-12H2,(H,21,25)(H,22,26). The van der Waals surface area contributed by atoms with E-state index in [9.17, 15) is 23.1 Å². The number of carbonyl (C=O) groups is 2. The average molecular weight is 452 g/mol. The second kappa shape index (κ2) is 10.1. The number of amides is 2. The Balaban J connectivity index is 1.49. The summed E-state index contributed by atoms with van der Waals surface area (Å²) in [5, 5.41) is 16.5. The third-order valence-electron chi connectivity index (χ3n) is 4.80. The summed E-state index contributed by atoms with van der Waals surface area (Å²) in [7, 11) is -3.67. The number of nitrogens with zero attached hydrogens (tertiary/aromatic N) is 1. The van der Waals surface area contributed by atoms with Crippen LogP contribution in [0.2, 0.25) is 0 Å². The Morgan fingerprint density at radius 1 is 1.03 bits per heavy atom. The van der Waals surface area contributed by atoms with E-state index in [0.29, 0.717) is 38.2 Å². The van der Waals surface area contributed by atoms with E-state index in [0.717, 1.165) is 30.6 Å². The number of rotatable bonds is 8. The van der Waals surface area contributed by atoms with Crippen LogP contribution in [0.5, 0.6) is 5.75 Å². The largest absolute Gasteiger partial charge is 0.508 e. The van der Waals surface area contributed by atoms with Gasteiger partial charge in [-0.25, -0.2) is 8.42 Å². The van der Waals surface area contributed by atoms with Gasteiger partial charge in [-0.15, -0.1) is 11.3 Å². The minimum absolute atomic E-state index is 0.0150. The highest BCUT2D eigenvalue weighted by Gasteiger charge is 2.30. The van der Waals surface area contributed by atoms with Gasteiger partial charge in [0.2, 0.25) is 10.0 Å². The molecule has 8 nitrogen and oxygen atoms in total. The molecule has 0 atom stereocenters. The lowest BCUT2D eigenvalue weighted by Gasteiger charge is -2.25. The van der Waals surface area contributed by atoms with E-state index in [2.05, 4.69) is 10.6 Å². The number of thiophene rings is 1. The quantitative estimate of drug-likeness (QED) is 0.532. The topological polar surface area (TPSA) is 116 Å². The number of benzene rings is 1. The molecular weight excluding hydrogens is 426 g/mol. The van der Waals surface area contributed by atoms with Crippen molar-refractivity contribution in [1.82, 2.24) is 14.9 Å². The fourth-order valence-electron chi connectivity index (χ4n) is 3.23. The number of phenols is 1. The molecule has 0 saturated carbocycles. The van der Waals surface area contributed by atoms with E-state index >= 15 is 0 Å². The number of aromatic hydroxyl groups is 1.